The van der Waals surface area contributed by atoms with Gasteiger partial charge in [-0.2, -0.15) is 0 Å². The number of hydrogen-bond acceptors (Lipinski definition) is 5. The van der Waals surface area contributed by atoms with Crippen molar-refractivity contribution in [2.75, 3.05) is 6.54 Å². The summed E-state index contributed by atoms with van der Waals surface area (Å²) in [5.41, 5.74) is 5.41. The maximum absolute atomic E-state index is 11.5. The summed E-state index contributed by atoms with van der Waals surface area (Å²) in [5.74, 6) is -1.03. The number of nitro groups is 1. The molecule has 0 aromatic carbocycles. The topological polar surface area (TPSA) is 111 Å². The summed E-state index contributed by atoms with van der Waals surface area (Å²) in [4.78, 5) is 21.2. The smallest absolute Gasteiger partial charge is 0.395 e. The minimum Gasteiger partial charge on any atom is -0.395 e. The predicted molar refractivity (Wildman–Crippen MR) is 56.0 cm³/mol. The van der Waals surface area contributed by atoms with E-state index in [1.54, 1.807) is 0 Å². The third-order valence-electron chi connectivity index (χ3n) is 2.11. The quantitative estimate of drug-likeness (QED) is 0.566. The van der Waals surface area contributed by atoms with Crippen LogP contribution in [0, 0.1) is 10.1 Å². The number of carbonyl (C=O) groups excluding carboxylic acids is 1. The van der Waals surface area contributed by atoms with Crippen LogP contribution in [0.4, 0.5) is 5.88 Å². The van der Waals surface area contributed by atoms with Gasteiger partial charge in [-0.05, 0) is 12.5 Å². The van der Waals surface area contributed by atoms with Crippen molar-refractivity contribution in [1.82, 2.24) is 5.32 Å². The molecule has 3 N–H and O–H groups in total. The Kier molecular flexibility index (Phi) is 4.01. The molecule has 1 heterocycles. The molecule has 1 amide bonds. The van der Waals surface area contributed by atoms with Gasteiger partial charge in [0.25, 0.3) is 5.91 Å². The van der Waals surface area contributed by atoms with E-state index in [1.165, 1.54) is 6.07 Å². The Hall–Kier alpha value is -1.89. The standard InChI is InChI=1S/C9H13N3O4/c1-2-6(5-10)11-9(13)7-3-4-8(16-7)12(14)15/h3-4,6H,2,5,10H2,1H3,(H,11,13). The lowest BCUT2D eigenvalue weighted by Crippen LogP contribution is -2.39. The third kappa shape index (κ3) is 2.80. The zero-order valence-electron chi connectivity index (χ0n) is 8.80. The van der Waals surface area contributed by atoms with E-state index in [-0.39, 0.29) is 11.8 Å². The summed E-state index contributed by atoms with van der Waals surface area (Å²) in [7, 11) is 0. The molecule has 0 aliphatic rings. The van der Waals surface area contributed by atoms with Gasteiger partial charge in [-0.25, -0.2) is 0 Å². The second-order valence-corrected chi connectivity index (χ2v) is 3.21. The fourth-order valence-electron chi connectivity index (χ4n) is 1.13. The molecule has 88 valence electrons. The molecule has 0 bridgehead atoms. The minimum absolute atomic E-state index is 0.0846. The highest BCUT2D eigenvalue weighted by molar-refractivity contribution is 5.91. The number of carbonyl (C=O) groups is 1. The number of nitrogens with zero attached hydrogens (tertiary/aromatic N) is 1. The van der Waals surface area contributed by atoms with Gasteiger partial charge in [-0.3, -0.25) is 14.9 Å². The Morgan fingerprint density at radius 2 is 2.38 bits per heavy atom. The summed E-state index contributed by atoms with van der Waals surface area (Å²) in [6.07, 6.45) is 0.686. The van der Waals surface area contributed by atoms with Gasteiger partial charge in [0.15, 0.2) is 5.76 Å². The SMILES string of the molecule is CCC(CN)NC(=O)c1ccc([N+](=O)[O-])o1. The first-order valence-electron chi connectivity index (χ1n) is 4.83. The number of rotatable bonds is 5. The van der Waals surface area contributed by atoms with Crippen LogP contribution in [0.5, 0.6) is 0 Å². The lowest BCUT2D eigenvalue weighted by atomic mass is 10.2. The molecule has 7 nitrogen and oxygen atoms in total. The highest BCUT2D eigenvalue weighted by Gasteiger charge is 2.18. The van der Waals surface area contributed by atoms with Crippen LogP contribution in [0.2, 0.25) is 0 Å². The Morgan fingerprint density at radius 3 is 2.81 bits per heavy atom. The molecular formula is C9H13N3O4. The molecule has 0 fully saturated rings. The Labute approximate surface area is 91.8 Å². The average Bonchev–Trinajstić information content (AvgIpc) is 2.74. The summed E-state index contributed by atoms with van der Waals surface area (Å²) in [5, 5.41) is 12.9. The highest BCUT2D eigenvalue weighted by atomic mass is 16.6. The van der Waals surface area contributed by atoms with Crippen LogP contribution in [0.3, 0.4) is 0 Å². The monoisotopic (exact) mass is 227 g/mol. The van der Waals surface area contributed by atoms with Gasteiger partial charge in [-0.1, -0.05) is 6.92 Å². The van der Waals surface area contributed by atoms with Crippen LogP contribution < -0.4 is 11.1 Å². The van der Waals surface area contributed by atoms with Crippen molar-refractivity contribution in [2.24, 2.45) is 5.73 Å². The molecule has 7 heteroatoms. The summed E-state index contributed by atoms with van der Waals surface area (Å²) in [6, 6.07) is 2.24. The molecule has 0 spiro atoms. The van der Waals surface area contributed by atoms with E-state index in [2.05, 4.69) is 5.32 Å². The van der Waals surface area contributed by atoms with E-state index in [9.17, 15) is 14.9 Å². The molecule has 0 aliphatic carbocycles. The van der Waals surface area contributed by atoms with Crippen molar-refractivity contribution in [3.8, 4) is 0 Å². The number of amides is 1. The van der Waals surface area contributed by atoms with Crippen LogP contribution >= 0.6 is 0 Å². The van der Waals surface area contributed by atoms with E-state index in [4.69, 9.17) is 10.2 Å². The summed E-state index contributed by atoms with van der Waals surface area (Å²) < 4.78 is 4.74. The highest BCUT2D eigenvalue weighted by Crippen LogP contribution is 2.15. The van der Waals surface area contributed by atoms with Crippen molar-refractivity contribution in [3.05, 3.63) is 28.0 Å². The lowest BCUT2D eigenvalue weighted by Gasteiger charge is -2.12. The predicted octanol–water partition coefficient (Wildman–Crippen LogP) is 0.655. The van der Waals surface area contributed by atoms with Crippen LogP contribution in [0.25, 0.3) is 0 Å². The van der Waals surface area contributed by atoms with Gasteiger partial charge in [-0.15, -0.1) is 0 Å². The molecule has 1 aromatic heterocycles. The number of nitrogens with one attached hydrogen (secondary N) is 1. The van der Waals surface area contributed by atoms with E-state index >= 15 is 0 Å². The van der Waals surface area contributed by atoms with Gasteiger partial charge in [0.2, 0.25) is 0 Å². The normalized spacial score (nSPS) is 12.1. The Balaban J connectivity index is 2.69. The van der Waals surface area contributed by atoms with E-state index in [1.807, 2.05) is 6.92 Å². The molecular weight excluding hydrogens is 214 g/mol. The van der Waals surface area contributed by atoms with Crippen molar-refractivity contribution in [2.45, 2.75) is 19.4 Å². The molecule has 1 aromatic rings. The largest absolute Gasteiger partial charge is 0.433 e. The van der Waals surface area contributed by atoms with Gasteiger partial charge in [0, 0.05) is 12.6 Å². The van der Waals surface area contributed by atoms with Gasteiger partial charge in [0.05, 0.1) is 6.07 Å². The third-order valence-corrected chi connectivity index (χ3v) is 2.11. The van der Waals surface area contributed by atoms with Gasteiger partial charge >= 0.3 is 5.88 Å². The van der Waals surface area contributed by atoms with Crippen LogP contribution in [0.15, 0.2) is 16.5 Å². The molecule has 0 saturated carbocycles. The van der Waals surface area contributed by atoms with Crippen LogP contribution in [0.1, 0.15) is 23.9 Å². The first-order chi connectivity index (χ1) is 7.58. The second-order valence-electron chi connectivity index (χ2n) is 3.21. The first-order valence-corrected chi connectivity index (χ1v) is 4.83. The number of hydrogen-bond donors (Lipinski definition) is 2. The molecule has 0 radical (unpaired) electrons. The molecule has 0 aliphatic heterocycles. The Morgan fingerprint density at radius 1 is 1.69 bits per heavy atom. The van der Waals surface area contributed by atoms with E-state index < -0.39 is 16.7 Å². The van der Waals surface area contributed by atoms with E-state index in [0.717, 1.165) is 6.07 Å². The van der Waals surface area contributed by atoms with Gasteiger partial charge < -0.3 is 15.5 Å². The maximum Gasteiger partial charge on any atom is 0.433 e. The molecule has 1 rings (SSSR count). The zero-order chi connectivity index (χ0) is 12.1. The maximum atomic E-state index is 11.5. The fraction of sp³-hybridized carbons (Fsp3) is 0.444. The molecule has 1 unspecified atom stereocenters. The minimum atomic E-state index is -0.697. The first kappa shape index (κ1) is 12.2. The lowest BCUT2D eigenvalue weighted by molar-refractivity contribution is -0.402. The average molecular weight is 227 g/mol. The molecule has 1 atom stereocenters. The summed E-state index contributed by atoms with van der Waals surface area (Å²) in [6.45, 7) is 2.19. The van der Waals surface area contributed by atoms with Crippen molar-refractivity contribution in [3.63, 3.8) is 0 Å². The van der Waals surface area contributed by atoms with Crippen molar-refractivity contribution < 1.29 is 14.1 Å². The fourth-order valence-corrected chi connectivity index (χ4v) is 1.13. The Bertz CT molecular complexity index is 384. The molecule has 0 saturated heterocycles. The number of nitrogens with two attached hydrogens (primary N) is 1. The summed E-state index contributed by atoms with van der Waals surface area (Å²) >= 11 is 0. The van der Waals surface area contributed by atoms with Crippen LogP contribution in [-0.4, -0.2) is 23.4 Å². The van der Waals surface area contributed by atoms with Gasteiger partial charge in [0.1, 0.15) is 4.92 Å². The second kappa shape index (κ2) is 5.26. The zero-order valence-corrected chi connectivity index (χ0v) is 8.80. The van der Waals surface area contributed by atoms with Crippen molar-refractivity contribution >= 4 is 11.8 Å². The number of furan rings is 1. The molecule has 16 heavy (non-hydrogen) atoms. The van der Waals surface area contributed by atoms with E-state index in [0.29, 0.717) is 13.0 Å². The van der Waals surface area contributed by atoms with Crippen LogP contribution in [-0.2, 0) is 0 Å². The van der Waals surface area contributed by atoms with Crippen molar-refractivity contribution in [1.29, 1.82) is 0 Å².